The van der Waals surface area contributed by atoms with Gasteiger partial charge in [0.25, 0.3) is 5.91 Å². The summed E-state index contributed by atoms with van der Waals surface area (Å²) in [6.07, 6.45) is 0. The molecule has 0 N–H and O–H groups in total. The lowest BCUT2D eigenvalue weighted by atomic mass is 10.1. The predicted octanol–water partition coefficient (Wildman–Crippen LogP) is 3.31. The van der Waals surface area contributed by atoms with Crippen LogP contribution < -0.4 is 4.74 Å². The summed E-state index contributed by atoms with van der Waals surface area (Å²) in [6.45, 7) is 4.09. The van der Waals surface area contributed by atoms with Crippen molar-refractivity contribution in [1.29, 1.82) is 0 Å². The molecule has 2 aromatic carbocycles. The average molecular weight is 345 g/mol. The maximum absolute atomic E-state index is 12.6. The van der Waals surface area contributed by atoms with E-state index in [1.165, 1.54) is 5.56 Å². The Labute approximate surface area is 147 Å². The molecule has 1 aliphatic rings. The van der Waals surface area contributed by atoms with Gasteiger partial charge in [-0.25, -0.2) is 0 Å². The monoisotopic (exact) mass is 344 g/mol. The number of halogens is 1. The van der Waals surface area contributed by atoms with Crippen LogP contribution in [0.1, 0.15) is 15.9 Å². The summed E-state index contributed by atoms with van der Waals surface area (Å²) in [6, 6.07) is 15.2. The summed E-state index contributed by atoms with van der Waals surface area (Å²) in [5.41, 5.74) is 1.91. The Morgan fingerprint density at radius 3 is 2.42 bits per heavy atom. The summed E-state index contributed by atoms with van der Waals surface area (Å²) in [5, 5.41) is 0.765. The number of hydrogen-bond donors (Lipinski definition) is 0. The Hall–Kier alpha value is -2.04. The van der Waals surface area contributed by atoms with Crippen LogP contribution in [0, 0.1) is 0 Å². The SMILES string of the molecule is COc1ccc(C(=O)N2CCN(Cc3cccc(Cl)c3)CC2)cc1. The molecule has 1 saturated heterocycles. The molecule has 0 spiro atoms. The Bertz CT molecular complexity index is 695. The van der Waals surface area contributed by atoms with Crippen LogP contribution in [-0.2, 0) is 6.54 Å². The fraction of sp³-hybridized carbons (Fsp3) is 0.316. The van der Waals surface area contributed by atoms with Gasteiger partial charge in [0.1, 0.15) is 5.75 Å². The van der Waals surface area contributed by atoms with Crippen LogP contribution in [0.2, 0.25) is 5.02 Å². The van der Waals surface area contributed by atoms with Crippen LogP contribution in [0.25, 0.3) is 0 Å². The van der Waals surface area contributed by atoms with Crippen LogP contribution in [0.3, 0.4) is 0 Å². The molecule has 5 heteroatoms. The molecule has 3 rings (SSSR count). The lowest BCUT2D eigenvalue weighted by Crippen LogP contribution is -2.48. The van der Waals surface area contributed by atoms with Crippen molar-refractivity contribution >= 4 is 17.5 Å². The van der Waals surface area contributed by atoms with Crippen molar-refractivity contribution in [2.75, 3.05) is 33.3 Å². The number of benzene rings is 2. The van der Waals surface area contributed by atoms with Gasteiger partial charge in [0.05, 0.1) is 7.11 Å². The number of rotatable bonds is 4. The number of carbonyl (C=O) groups is 1. The number of carbonyl (C=O) groups excluding carboxylic acids is 1. The smallest absolute Gasteiger partial charge is 0.253 e. The van der Waals surface area contributed by atoms with Gasteiger partial charge in [0.15, 0.2) is 0 Å². The van der Waals surface area contributed by atoms with Gasteiger partial charge < -0.3 is 9.64 Å². The van der Waals surface area contributed by atoms with E-state index < -0.39 is 0 Å². The van der Waals surface area contributed by atoms with Gasteiger partial charge in [-0.05, 0) is 42.0 Å². The topological polar surface area (TPSA) is 32.8 Å². The first-order valence-electron chi connectivity index (χ1n) is 8.06. The van der Waals surface area contributed by atoms with Crippen molar-refractivity contribution in [3.63, 3.8) is 0 Å². The van der Waals surface area contributed by atoms with Crippen molar-refractivity contribution < 1.29 is 9.53 Å². The van der Waals surface area contributed by atoms with Gasteiger partial charge in [-0.15, -0.1) is 0 Å². The molecule has 4 nitrogen and oxygen atoms in total. The summed E-state index contributed by atoms with van der Waals surface area (Å²) >= 11 is 6.04. The van der Waals surface area contributed by atoms with E-state index in [-0.39, 0.29) is 5.91 Å². The largest absolute Gasteiger partial charge is 0.497 e. The molecule has 0 bridgehead atoms. The first-order valence-corrected chi connectivity index (χ1v) is 8.43. The van der Waals surface area contributed by atoms with Gasteiger partial charge in [-0.3, -0.25) is 9.69 Å². The predicted molar refractivity (Wildman–Crippen MR) is 95.6 cm³/mol. The van der Waals surface area contributed by atoms with E-state index in [4.69, 9.17) is 16.3 Å². The summed E-state index contributed by atoms with van der Waals surface area (Å²) in [5.74, 6) is 0.845. The van der Waals surface area contributed by atoms with Gasteiger partial charge in [-0.2, -0.15) is 0 Å². The Balaban J connectivity index is 1.55. The van der Waals surface area contributed by atoms with Crippen LogP contribution in [0.15, 0.2) is 48.5 Å². The van der Waals surface area contributed by atoms with Gasteiger partial charge in [-0.1, -0.05) is 23.7 Å². The molecule has 1 heterocycles. The van der Waals surface area contributed by atoms with Crippen molar-refractivity contribution in [1.82, 2.24) is 9.80 Å². The quantitative estimate of drug-likeness (QED) is 0.853. The lowest BCUT2D eigenvalue weighted by Gasteiger charge is -2.34. The third kappa shape index (κ3) is 4.08. The maximum Gasteiger partial charge on any atom is 0.253 e. The molecule has 1 aliphatic heterocycles. The van der Waals surface area contributed by atoms with Crippen LogP contribution in [0.4, 0.5) is 0 Å². The number of methoxy groups -OCH3 is 1. The third-order valence-electron chi connectivity index (χ3n) is 4.29. The molecule has 2 aromatic rings. The highest BCUT2D eigenvalue weighted by Gasteiger charge is 2.22. The van der Waals surface area contributed by atoms with E-state index in [2.05, 4.69) is 11.0 Å². The van der Waals surface area contributed by atoms with E-state index in [1.54, 1.807) is 7.11 Å². The highest BCUT2D eigenvalue weighted by Crippen LogP contribution is 2.16. The minimum absolute atomic E-state index is 0.0834. The Morgan fingerprint density at radius 2 is 1.79 bits per heavy atom. The van der Waals surface area contributed by atoms with Gasteiger partial charge in [0.2, 0.25) is 0 Å². The highest BCUT2D eigenvalue weighted by molar-refractivity contribution is 6.30. The summed E-state index contributed by atoms with van der Waals surface area (Å²) < 4.78 is 5.13. The fourth-order valence-electron chi connectivity index (χ4n) is 2.92. The zero-order valence-electron chi connectivity index (χ0n) is 13.7. The molecule has 0 aromatic heterocycles. The fourth-order valence-corrected chi connectivity index (χ4v) is 3.13. The zero-order chi connectivity index (χ0) is 16.9. The maximum atomic E-state index is 12.6. The summed E-state index contributed by atoms with van der Waals surface area (Å²) in [7, 11) is 1.62. The molecule has 0 saturated carbocycles. The lowest BCUT2D eigenvalue weighted by molar-refractivity contribution is 0.0628. The van der Waals surface area contributed by atoms with E-state index in [9.17, 15) is 4.79 Å². The minimum Gasteiger partial charge on any atom is -0.497 e. The number of amides is 1. The molecule has 0 aliphatic carbocycles. The summed E-state index contributed by atoms with van der Waals surface area (Å²) in [4.78, 5) is 16.8. The van der Waals surface area contributed by atoms with E-state index in [0.29, 0.717) is 5.56 Å². The van der Waals surface area contributed by atoms with Crippen LogP contribution in [-0.4, -0.2) is 49.0 Å². The standard InChI is InChI=1S/C19H21ClN2O2/c1-24-18-7-5-16(6-8-18)19(23)22-11-9-21(10-12-22)14-15-3-2-4-17(20)13-15/h2-8,13H,9-12,14H2,1H3. The van der Waals surface area contributed by atoms with Crippen molar-refractivity contribution in [2.45, 2.75) is 6.54 Å². The molecule has 0 radical (unpaired) electrons. The second-order valence-electron chi connectivity index (χ2n) is 5.93. The van der Waals surface area contributed by atoms with Crippen molar-refractivity contribution in [3.8, 4) is 5.75 Å². The van der Waals surface area contributed by atoms with E-state index >= 15 is 0 Å². The van der Waals surface area contributed by atoms with Crippen molar-refractivity contribution in [2.24, 2.45) is 0 Å². The van der Waals surface area contributed by atoms with E-state index in [1.807, 2.05) is 47.4 Å². The van der Waals surface area contributed by atoms with Crippen LogP contribution >= 0.6 is 11.6 Å². The minimum atomic E-state index is 0.0834. The Morgan fingerprint density at radius 1 is 1.08 bits per heavy atom. The number of nitrogens with zero attached hydrogens (tertiary/aromatic N) is 2. The second-order valence-corrected chi connectivity index (χ2v) is 6.36. The van der Waals surface area contributed by atoms with E-state index in [0.717, 1.165) is 43.5 Å². The molecule has 24 heavy (non-hydrogen) atoms. The molecule has 0 atom stereocenters. The molecular weight excluding hydrogens is 324 g/mol. The van der Waals surface area contributed by atoms with Gasteiger partial charge >= 0.3 is 0 Å². The number of piperazine rings is 1. The molecule has 1 fully saturated rings. The first-order chi connectivity index (χ1) is 11.7. The third-order valence-corrected chi connectivity index (χ3v) is 4.53. The second kappa shape index (κ2) is 7.69. The van der Waals surface area contributed by atoms with Crippen molar-refractivity contribution in [3.05, 3.63) is 64.7 Å². The van der Waals surface area contributed by atoms with Gasteiger partial charge in [0, 0.05) is 43.3 Å². The average Bonchev–Trinajstić information content (AvgIpc) is 2.62. The molecule has 1 amide bonds. The highest BCUT2D eigenvalue weighted by atomic mass is 35.5. The Kier molecular flexibility index (Phi) is 5.38. The molecule has 126 valence electrons. The van der Waals surface area contributed by atoms with Crippen LogP contribution in [0.5, 0.6) is 5.75 Å². The zero-order valence-corrected chi connectivity index (χ0v) is 14.5. The number of hydrogen-bond acceptors (Lipinski definition) is 3. The molecule has 0 unspecified atom stereocenters. The number of ether oxygens (including phenoxy) is 1. The first kappa shape index (κ1) is 16.8. The molecular formula is C19H21ClN2O2. The normalized spacial score (nSPS) is 15.3.